The summed E-state index contributed by atoms with van der Waals surface area (Å²) >= 11 is 0. The first kappa shape index (κ1) is 18.5. The van der Waals surface area contributed by atoms with Crippen molar-refractivity contribution in [3.8, 4) is 0 Å². The second kappa shape index (κ2) is 7.97. The van der Waals surface area contributed by atoms with Crippen LogP contribution >= 0.6 is 0 Å². The Balaban J connectivity index is 1.85. The van der Waals surface area contributed by atoms with Gasteiger partial charge >= 0.3 is 0 Å². The Labute approximate surface area is 154 Å². The zero-order chi connectivity index (χ0) is 18.7. The summed E-state index contributed by atoms with van der Waals surface area (Å²) in [4.78, 5) is 21.3. The molecular weight excluding hydrogens is 330 g/mol. The second-order valence-corrected chi connectivity index (χ2v) is 7.14. The van der Waals surface area contributed by atoms with Gasteiger partial charge in [-0.25, -0.2) is 0 Å². The molecule has 0 saturated heterocycles. The summed E-state index contributed by atoms with van der Waals surface area (Å²) in [6.45, 7) is 5.98. The molecule has 0 fully saturated rings. The minimum Gasteiger partial charge on any atom is -0.369 e. The lowest BCUT2D eigenvalue weighted by Gasteiger charge is -2.27. The van der Waals surface area contributed by atoms with E-state index in [2.05, 4.69) is 20.1 Å². The van der Waals surface area contributed by atoms with E-state index in [-0.39, 0.29) is 18.1 Å². The zero-order valence-electron chi connectivity index (χ0n) is 15.9. The third kappa shape index (κ3) is 4.11. The lowest BCUT2D eigenvalue weighted by Crippen LogP contribution is -2.37. The molecule has 7 heteroatoms. The van der Waals surface area contributed by atoms with E-state index in [1.165, 1.54) is 0 Å². The first-order valence-electron chi connectivity index (χ1n) is 9.01. The summed E-state index contributed by atoms with van der Waals surface area (Å²) in [5.74, 6) is -0.0394. The van der Waals surface area contributed by atoms with Crippen molar-refractivity contribution in [1.29, 1.82) is 0 Å². The van der Waals surface area contributed by atoms with Crippen LogP contribution in [0.15, 0.2) is 24.5 Å². The lowest BCUT2D eigenvalue weighted by atomic mass is 9.99. The SMILES string of the molecule is C[C@@H]1Cc2c(C(=O)N(CCN(C)C)Cc3ccncc3)n[nH]c2[C@H](C)O1. The molecule has 0 bridgehead atoms. The second-order valence-electron chi connectivity index (χ2n) is 7.14. The van der Waals surface area contributed by atoms with Crippen molar-refractivity contribution in [2.24, 2.45) is 0 Å². The molecule has 3 heterocycles. The van der Waals surface area contributed by atoms with Crippen molar-refractivity contribution in [2.45, 2.75) is 39.0 Å². The number of H-pyrrole nitrogens is 1. The quantitative estimate of drug-likeness (QED) is 0.856. The number of carbonyl (C=O) groups is 1. The monoisotopic (exact) mass is 357 g/mol. The number of nitrogens with zero attached hydrogens (tertiary/aromatic N) is 4. The highest BCUT2D eigenvalue weighted by atomic mass is 16.5. The fourth-order valence-electron chi connectivity index (χ4n) is 3.28. The van der Waals surface area contributed by atoms with Gasteiger partial charge in [0, 0.05) is 44.0 Å². The van der Waals surface area contributed by atoms with Crippen LogP contribution in [0.3, 0.4) is 0 Å². The maximum Gasteiger partial charge on any atom is 0.274 e. The van der Waals surface area contributed by atoms with Gasteiger partial charge in [0.25, 0.3) is 5.91 Å². The molecule has 2 atom stereocenters. The van der Waals surface area contributed by atoms with Crippen molar-refractivity contribution in [3.63, 3.8) is 0 Å². The van der Waals surface area contributed by atoms with Crippen LogP contribution in [-0.2, 0) is 17.7 Å². The van der Waals surface area contributed by atoms with Crippen LogP contribution in [0.5, 0.6) is 0 Å². The smallest absolute Gasteiger partial charge is 0.274 e. The minimum absolute atomic E-state index is 0.0394. The highest BCUT2D eigenvalue weighted by molar-refractivity contribution is 5.94. The van der Waals surface area contributed by atoms with Crippen LogP contribution in [0.2, 0.25) is 0 Å². The van der Waals surface area contributed by atoms with Crippen molar-refractivity contribution in [2.75, 3.05) is 27.2 Å². The number of aromatic amines is 1. The number of fused-ring (bicyclic) bond motifs is 1. The molecule has 7 nitrogen and oxygen atoms in total. The molecule has 0 aliphatic carbocycles. The molecule has 1 N–H and O–H groups in total. The fourth-order valence-corrected chi connectivity index (χ4v) is 3.28. The summed E-state index contributed by atoms with van der Waals surface area (Å²) < 4.78 is 5.83. The van der Waals surface area contributed by atoms with Gasteiger partial charge in [-0.3, -0.25) is 14.9 Å². The number of rotatable bonds is 6. The van der Waals surface area contributed by atoms with Gasteiger partial charge in [-0.15, -0.1) is 0 Å². The molecule has 1 aliphatic heterocycles. The predicted octanol–water partition coefficient (Wildman–Crippen LogP) is 2.03. The van der Waals surface area contributed by atoms with Gasteiger partial charge in [-0.05, 0) is 45.6 Å². The Bertz CT molecular complexity index is 744. The molecule has 1 aliphatic rings. The van der Waals surface area contributed by atoms with E-state index in [4.69, 9.17) is 4.74 Å². The van der Waals surface area contributed by atoms with Gasteiger partial charge in [0.2, 0.25) is 0 Å². The normalized spacial score (nSPS) is 19.4. The van der Waals surface area contributed by atoms with E-state index >= 15 is 0 Å². The van der Waals surface area contributed by atoms with E-state index in [0.717, 1.165) is 23.4 Å². The van der Waals surface area contributed by atoms with Gasteiger partial charge in [-0.1, -0.05) is 0 Å². The van der Waals surface area contributed by atoms with Crippen LogP contribution < -0.4 is 0 Å². The Morgan fingerprint density at radius 3 is 2.69 bits per heavy atom. The molecule has 2 aromatic heterocycles. The first-order valence-corrected chi connectivity index (χ1v) is 9.01. The minimum atomic E-state index is -0.0711. The van der Waals surface area contributed by atoms with Gasteiger partial charge in [0.1, 0.15) is 0 Å². The average Bonchev–Trinajstić information content (AvgIpc) is 3.02. The van der Waals surface area contributed by atoms with Crippen molar-refractivity contribution in [1.82, 2.24) is 25.0 Å². The van der Waals surface area contributed by atoms with E-state index < -0.39 is 0 Å². The maximum absolute atomic E-state index is 13.3. The lowest BCUT2D eigenvalue weighted by molar-refractivity contribution is -0.00702. The topological polar surface area (TPSA) is 74.4 Å². The molecule has 140 valence electrons. The third-order valence-corrected chi connectivity index (χ3v) is 4.66. The molecule has 26 heavy (non-hydrogen) atoms. The van der Waals surface area contributed by atoms with Crippen LogP contribution in [0.25, 0.3) is 0 Å². The number of likely N-dealkylation sites (N-methyl/N-ethyl adjacent to an activating group) is 1. The summed E-state index contributed by atoms with van der Waals surface area (Å²) in [6, 6.07) is 3.88. The van der Waals surface area contributed by atoms with E-state index in [9.17, 15) is 4.79 Å². The van der Waals surface area contributed by atoms with Crippen LogP contribution in [0.4, 0.5) is 0 Å². The first-order chi connectivity index (χ1) is 12.5. The Hall–Kier alpha value is -2.25. The number of hydrogen-bond acceptors (Lipinski definition) is 5. The summed E-state index contributed by atoms with van der Waals surface area (Å²) in [5.41, 5.74) is 3.49. The van der Waals surface area contributed by atoms with Gasteiger partial charge < -0.3 is 14.5 Å². The summed E-state index contributed by atoms with van der Waals surface area (Å²) in [7, 11) is 4.01. The summed E-state index contributed by atoms with van der Waals surface area (Å²) in [6.07, 6.45) is 4.21. The number of aromatic nitrogens is 3. The molecule has 0 spiro atoms. The Kier molecular flexibility index (Phi) is 5.68. The molecule has 2 aromatic rings. The number of pyridine rings is 1. The Morgan fingerprint density at radius 2 is 2.00 bits per heavy atom. The fraction of sp³-hybridized carbons (Fsp3) is 0.526. The maximum atomic E-state index is 13.3. The number of nitrogens with one attached hydrogen (secondary N) is 1. The number of hydrogen-bond donors (Lipinski definition) is 1. The number of amides is 1. The summed E-state index contributed by atoms with van der Waals surface area (Å²) in [5, 5.41) is 7.37. The molecule has 3 rings (SSSR count). The van der Waals surface area contributed by atoms with Crippen molar-refractivity contribution in [3.05, 3.63) is 47.0 Å². The molecule has 0 aromatic carbocycles. The largest absolute Gasteiger partial charge is 0.369 e. The van der Waals surface area contributed by atoms with E-state index in [1.807, 2.05) is 45.0 Å². The highest BCUT2D eigenvalue weighted by Crippen LogP contribution is 2.30. The number of carbonyl (C=O) groups excluding carboxylic acids is 1. The van der Waals surface area contributed by atoms with E-state index in [1.54, 1.807) is 12.4 Å². The molecule has 0 unspecified atom stereocenters. The molecular formula is C19H27N5O2. The van der Waals surface area contributed by atoms with Crippen LogP contribution in [0.1, 0.15) is 47.3 Å². The van der Waals surface area contributed by atoms with Gasteiger partial charge in [0.15, 0.2) is 5.69 Å². The molecule has 0 saturated carbocycles. The average molecular weight is 357 g/mol. The molecule has 0 radical (unpaired) electrons. The molecule has 1 amide bonds. The number of ether oxygens (including phenoxy) is 1. The van der Waals surface area contributed by atoms with Crippen molar-refractivity contribution >= 4 is 5.91 Å². The van der Waals surface area contributed by atoms with Gasteiger partial charge in [-0.2, -0.15) is 5.10 Å². The Morgan fingerprint density at radius 1 is 1.27 bits per heavy atom. The highest BCUT2D eigenvalue weighted by Gasteiger charge is 2.31. The van der Waals surface area contributed by atoms with Gasteiger partial charge in [0.05, 0.1) is 17.9 Å². The zero-order valence-corrected chi connectivity index (χ0v) is 15.9. The standard InChI is InChI=1S/C19H27N5O2/c1-13-11-16-17(14(2)26-13)21-22-18(16)19(25)24(10-9-23(3)4)12-15-5-7-20-8-6-15/h5-8,13-14H,9-12H2,1-4H3,(H,21,22)/t13-,14+/m1/s1. The third-order valence-electron chi connectivity index (χ3n) is 4.66. The van der Waals surface area contributed by atoms with Crippen molar-refractivity contribution < 1.29 is 9.53 Å². The predicted molar refractivity (Wildman–Crippen MR) is 98.8 cm³/mol. The van der Waals surface area contributed by atoms with E-state index in [0.29, 0.717) is 25.2 Å². The van der Waals surface area contributed by atoms with Crippen LogP contribution in [-0.4, -0.2) is 64.2 Å². The van der Waals surface area contributed by atoms with Crippen LogP contribution in [0, 0.1) is 0 Å².